The van der Waals surface area contributed by atoms with E-state index >= 15 is 0 Å². The Morgan fingerprint density at radius 1 is 1.16 bits per heavy atom. The zero-order chi connectivity index (χ0) is 26.3. The second-order valence-corrected chi connectivity index (χ2v) is 10.0. The van der Waals surface area contributed by atoms with E-state index in [2.05, 4.69) is 4.99 Å². The fraction of sp³-hybridized carbons (Fsp3) is 0.148. The summed E-state index contributed by atoms with van der Waals surface area (Å²) in [6.45, 7) is 3.55. The standard InChI is InChI=1S/C27H19Cl2FN2O4S/c1-3-35-26(34)23-14(2)31-27-32(24(23)15-4-7-17(30)8-5-15)25(33)22(37-27)13-18-9-11-21(36-18)16-6-10-19(28)20(29)12-16/h4-13,24H,3H2,1-2H3/b22-13-/t24-/m0/s1. The van der Waals surface area contributed by atoms with E-state index in [1.165, 1.54) is 28.0 Å². The Hall–Kier alpha value is -3.46. The molecule has 1 aliphatic rings. The van der Waals surface area contributed by atoms with Crippen molar-refractivity contribution in [3.05, 3.63) is 113 Å². The quantitative estimate of drug-likeness (QED) is 0.304. The lowest BCUT2D eigenvalue weighted by Gasteiger charge is -2.24. The largest absolute Gasteiger partial charge is 0.463 e. The summed E-state index contributed by atoms with van der Waals surface area (Å²) >= 11 is 13.3. The highest BCUT2D eigenvalue weighted by atomic mass is 35.5. The minimum Gasteiger partial charge on any atom is -0.463 e. The molecule has 0 fully saturated rings. The molecule has 0 spiro atoms. The predicted molar refractivity (Wildman–Crippen MR) is 141 cm³/mol. The summed E-state index contributed by atoms with van der Waals surface area (Å²) in [4.78, 5) is 31.4. The number of fused-ring (bicyclic) bond motifs is 1. The van der Waals surface area contributed by atoms with Gasteiger partial charge in [-0.05, 0) is 61.9 Å². The molecule has 0 saturated heterocycles. The molecule has 37 heavy (non-hydrogen) atoms. The lowest BCUT2D eigenvalue weighted by molar-refractivity contribution is -0.139. The van der Waals surface area contributed by atoms with Crippen LogP contribution in [-0.4, -0.2) is 17.1 Å². The number of esters is 1. The number of thiazole rings is 1. The summed E-state index contributed by atoms with van der Waals surface area (Å²) in [5.41, 5.74) is 1.60. The first-order chi connectivity index (χ1) is 17.8. The van der Waals surface area contributed by atoms with Crippen molar-refractivity contribution in [2.24, 2.45) is 4.99 Å². The Bertz CT molecular complexity index is 1730. The van der Waals surface area contributed by atoms with Gasteiger partial charge in [0.05, 0.1) is 38.5 Å². The first kappa shape index (κ1) is 25.2. The van der Waals surface area contributed by atoms with Gasteiger partial charge >= 0.3 is 5.97 Å². The van der Waals surface area contributed by atoms with Crippen molar-refractivity contribution in [3.63, 3.8) is 0 Å². The van der Waals surface area contributed by atoms with E-state index < -0.39 is 17.8 Å². The third kappa shape index (κ3) is 4.80. The summed E-state index contributed by atoms with van der Waals surface area (Å²) in [6, 6.07) is 13.5. The molecule has 4 aromatic rings. The average Bonchev–Trinajstić information content (AvgIpc) is 3.45. The fourth-order valence-electron chi connectivity index (χ4n) is 4.12. The molecule has 10 heteroatoms. The van der Waals surface area contributed by atoms with Gasteiger partial charge in [-0.3, -0.25) is 9.36 Å². The Balaban J connectivity index is 1.62. The maximum absolute atomic E-state index is 13.7. The molecule has 1 aliphatic heterocycles. The summed E-state index contributed by atoms with van der Waals surface area (Å²) in [6.07, 6.45) is 1.62. The van der Waals surface area contributed by atoms with Gasteiger partial charge in [0.1, 0.15) is 17.3 Å². The van der Waals surface area contributed by atoms with Crippen LogP contribution in [0.5, 0.6) is 0 Å². The summed E-state index contributed by atoms with van der Waals surface area (Å²) in [7, 11) is 0. The molecule has 0 N–H and O–H groups in total. The number of furan rings is 1. The SMILES string of the molecule is CCOC(=O)C1=C(C)N=c2s/c(=C\c3ccc(-c4ccc(Cl)c(Cl)c4)o3)c(=O)n2[C@H]1c1ccc(F)cc1. The number of allylic oxidation sites excluding steroid dienone is 1. The van der Waals surface area contributed by atoms with Gasteiger partial charge in [-0.25, -0.2) is 14.2 Å². The maximum Gasteiger partial charge on any atom is 0.338 e. The van der Waals surface area contributed by atoms with Crippen LogP contribution < -0.4 is 14.9 Å². The number of halogens is 3. The van der Waals surface area contributed by atoms with Crippen LogP contribution in [0.15, 0.2) is 80.1 Å². The third-order valence-corrected chi connectivity index (χ3v) is 7.53. The van der Waals surface area contributed by atoms with Crippen LogP contribution in [-0.2, 0) is 9.53 Å². The molecule has 0 unspecified atom stereocenters. The Morgan fingerprint density at radius 3 is 2.62 bits per heavy atom. The first-order valence-corrected chi connectivity index (χ1v) is 12.8. The van der Waals surface area contributed by atoms with Crippen LogP contribution in [0, 0.1) is 5.82 Å². The van der Waals surface area contributed by atoms with Crippen LogP contribution >= 0.6 is 34.5 Å². The Labute approximate surface area is 224 Å². The number of hydrogen-bond donors (Lipinski definition) is 0. The van der Waals surface area contributed by atoms with E-state index in [-0.39, 0.29) is 17.7 Å². The van der Waals surface area contributed by atoms with E-state index in [9.17, 15) is 14.0 Å². The predicted octanol–water partition coefficient (Wildman–Crippen LogP) is 5.50. The smallest absolute Gasteiger partial charge is 0.338 e. The number of benzene rings is 2. The molecule has 2 aromatic carbocycles. The van der Waals surface area contributed by atoms with Crippen LogP contribution in [0.1, 0.15) is 31.2 Å². The molecule has 5 rings (SSSR count). The third-order valence-electron chi connectivity index (χ3n) is 5.81. The van der Waals surface area contributed by atoms with Crippen LogP contribution in [0.4, 0.5) is 4.39 Å². The fourth-order valence-corrected chi connectivity index (χ4v) is 5.44. The van der Waals surface area contributed by atoms with Gasteiger partial charge in [-0.1, -0.05) is 46.7 Å². The Morgan fingerprint density at radius 2 is 1.92 bits per heavy atom. The zero-order valence-corrected chi connectivity index (χ0v) is 22.0. The summed E-state index contributed by atoms with van der Waals surface area (Å²) < 4.78 is 26.7. The monoisotopic (exact) mass is 556 g/mol. The minimum atomic E-state index is -0.818. The molecule has 0 radical (unpaired) electrons. The van der Waals surface area contributed by atoms with Crippen molar-refractivity contribution in [1.82, 2.24) is 4.57 Å². The highest BCUT2D eigenvalue weighted by molar-refractivity contribution is 7.07. The molecular formula is C27H19Cl2FN2O4S. The average molecular weight is 557 g/mol. The molecule has 0 bridgehead atoms. The second-order valence-electron chi connectivity index (χ2n) is 8.18. The maximum atomic E-state index is 13.7. The highest BCUT2D eigenvalue weighted by Crippen LogP contribution is 2.31. The number of hydrogen-bond acceptors (Lipinski definition) is 6. The van der Waals surface area contributed by atoms with E-state index in [0.29, 0.717) is 42.2 Å². The molecule has 0 aliphatic carbocycles. The van der Waals surface area contributed by atoms with E-state index in [4.69, 9.17) is 32.4 Å². The van der Waals surface area contributed by atoms with Gasteiger partial charge in [-0.15, -0.1) is 0 Å². The normalized spacial score (nSPS) is 15.5. The lowest BCUT2D eigenvalue weighted by Crippen LogP contribution is -2.39. The van der Waals surface area contributed by atoms with Crippen LogP contribution in [0.25, 0.3) is 17.4 Å². The molecule has 2 aromatic heterocycles. The Kier molecular flexibility index (Phi) is 6.90. The number of ether oxygens (including phenoxy) is 1. The molecule has 0 saturated carbocycles. The van der Waals surface area contributed by atoms with E-state index in [1.54, 1.807) is 62.4 Å². The van der Waals surface area contributed by atoms with Gasteiger partial charge in [0.25, 0.3) is 5.56 Å². The number of rotatable bonds is 5. The number of aromatic nitrogens is 1. The highest BCUT2D eigenvalue weighted by Gasteiger charge is 2.33. The van der Waals surface area contributed by atoms with Gasteiger partial charge < -0.3 is 9.15 Å². The van der Waals surface area contributed by atoms with Gasteiger partial charge in [0, 0.05) is 11.6 Å². The van der Waals surface area contributed by atoms with Crippen molar-refractivity contribution in [2.75, 3.05) is 6.61 Å². The summed E-state index contributed by atoms with van der Waals surface area (Å²) in [5.74, 6) is 0.00280. The van der Waals surface area contributed by atoms with Crippen molar-refractivity contribution in [2.45, 2.75) is 19.9 Å². The zero-order valence-electron chi connectivity index (χ0n) is 19.6. The first-order valence-electron chi connectivity index (χ1n) is 11.3. The van der Waals surface area contributed by atoms with Gasteiger partial charge in [0.15, 0.2) is 4.80 Å². The van der Waals surface area contributed by atoms with Gasteiger partial charge in [0.2, 0.25) is 0 Å². The van der Waals surface area contributed by atoms with E-state index in [0.717, 1.165) is 5.56 Å². The van der Waals surface area contributed by atoms with Gasteiger partial charge in [-0.2, -0.15) is 0 Å². The molecule has 1 atom stereocenters. The van der Waals surface area contributed by atoms with Crippen LogP contribution in [0.2, 0.25) is 10.0 Å². The lowest BCUT2D eigenvalue weighted by atomic mass is 9.96. The minimum absolute atomic E-state index is 0.163. The summed E-state index contributed by atoms with van der Waals surface area (Å²) in [5, 5.41) is 0.838. The number of nitrogens with zero attached hydrogens (tertiary/aromatic N) is 2. The molecule has 188 valence electrons. The van der Waals surface area contributed by atoms with E-state index in [1.807, 2.05) is 0 Å². The molecular weight excluding hydrogens is 538 g/mol. The molecule has 0 amide bonds. The van der Waals surface area contributed by atoms with Crippen molar-refractivity contribution in [1.29, 1.82) is 0 Å². The van der Waals surface area contributed by atoms with Crippen molar-refractivity contribution in [3.8, 4) is 11.3 Å². The topological polar surface area (TPSA) is 73.8 Å². The molecule has 3 heterocycles. The van der Waals surface area contributed by atoms with Crippen molar-refractivity contribution < 1.29 is 18.3 Å². The van der Waals surface area contributed by atoms with Crippen LogP contribution in [0.3, 0.4) is 0 Å². The van der Waals surface area contributed by atoms with Crippen molar-refractivity contribution >= 4 is 46.6 Å². The number of carbonyl (C=O) groups is 1. The number of carbonyl (C=O) groups excluding carboxylic acids is 1. The molecule has 6 nitrogen and oxygen atoms in total. The second kappa shape index (κ2) is 10.1.